The molecule has 1 fully saturated rings. The van der Waals surface area contributed by atoms with Gasteiger partial charge in [0.2, 0.25) is 5.91 Å². The van der Waals surface area contributed by atoms with Crippen molar-refractivity contribution in [2.45, 2.75) is 43.5 Å². The third-order valence-corrected chi connectivity index (χ3v) is 5.73. The number of rotatable bonds is 8. The van der Waals surface area contributed by atoms with Crippen LogP contribution >= 0.6 is 0 Å². The standard InChI is InChI=1S/C16H21NO5S/c1-2-23(21,22)13-8-3-11(4-9-13)5-10-14(18)17-15(16(19)20)12-6-7-12/h3-4,8-9,12,15H,2,5-7,10H2,1H3,(H,17,18)(H,19,20). The average molecular weight is 339 g/mol. The first-order valence-corrected chi connectivity index (χ1v) is 9.32. The minimum atomic E-state index is -3.22. The smallest absolute Gasteiger partial charge is 0.326 e. The molecule has 0 bridgehead atoms. The summed E-state index contributed by atoms with van der Waals surface area (Å²) >= 11 is 0. The van der Waals surface area contributed by atoms with Gasteiger partial charge in [-0.25, -0.2) is 13.2 Å². The van der Waals surface area contributed by atoms with Crippen molar-refractivity contribution >= 4 is 21.7 Å². The highest BCUT2D eigenvalue weighted by Crippen LogP contribution is 2.32. The number of aryl methyl sites for hydroxylation is 1. The second-order valence-corrected chi connectivity index (χ2v) is 8.05. The van der Waals surface area contributed by atoms with Crippen molar-refractivity contribution in [3.63, 3.8) is 0 Å². The highest BCUT2D eigenvalue weighted by molar-refractivity contribution is 7.91. The number of carboxylic acids is 1. The van der Waals surface area contributed by atoms with E-state index in [-0.39, 0.29) is 28.9 Å². The number of amides is 1. The van der Waals surface area contributed by atoms with Gasteiger partial charge in [-0.1, -0.05) is 19.1 Å². The molecule has 1 amide bonds. The Balaban J connectivity index is 1.88. The van der Waals surface area contributed by atoms with Crippen molar-refractivity contribution in [3.05, 3.63) is 29.8 Å². The molecule has 0 aliphatic heterocycles. The fourth-order valence-electron chi connectivity index (χ4n) is 2.34. The van der Waals surface area contributed by atoms with Gasteiger partial charge in [-0.05, 0) is 42.9 Å². The van der Waals surface area contributed by atoms with E-state index in [4.69, 9.17) is 5.11 Å². The minimum absolute atomic E-state index is 0.0481. The molecule has 1 aromatic rings. The van der Waals surface area contributed by atoms with Crippen LogP contribution in [0.5, 0.6) is 0 Å². The third-order valence-electron chi connectivity index (χ3n) is 3.98. The molecule has 1 saturated carbocycles. The summed E-state index contributed by atoms with van der Waals surface area (Å²) in [5, 5.41) is 11.6. The quantitative estimate of drug-likeness (QED) is 0.745. The normalized spacial score (nSPS) is 15.9. The molecule has 7 heteroatoms. The van der Waals surface area contributed by atoms with E-state index in [0.717, 1.165) is 18.4 Å². The van der Waals surface area contributed by atoms with Gasteiger partial charge in [-0.15, -0.1) is 0 Å². The lowest BCUT2D eigenvalue weighted by molar-refractivity contribution is -0.142. The molecule has 1 unspecified atom stereocenters. The lowest BCUT2D eigenvalue weighted by atomic mass is 10.1. The van der Waals surface area contributed by atoms with Gasteiger partial charge in [0.25, 0.3) is 0 Å². The van der Waals surface area contributed by atoms with Crippen LogP contribution in [0.3, 0.4) is 0 Å². The summed E-state index contributed by atoms with van der Waals surface area (Å²) in [7, 11) is -3.22. The molecular weight excluding hydrogens is 318 g/mol. The number of carboxylic acid groups (broad SMARTS) is 1. The van der Waals surface area contributed by atoms with Crippen LogP contribution in [-0.4, -0.2) is 37.2 Å². The second kappa shape index (κ2) is 7.12. The van der Waals surface area contributed by atoms with Crippen LogP contribution in [-0.2, 0) is 25.8 Å². The molecule has 0 heterocycles. The highest BCUT2D eigenvalue weighted by atomic mass is 32.2. The van der Waals surface area contributed by atoms with E-state index < -0.39 is 21.8 Å². The first-order valence-electron chi connectivity index (χ1n) is 7.67. The largest absolute Gasteiger partial charge is 0.480 e. The lowest BCUT2D eigenvalue weighted by Gasteiger charge is -2.13. The molecule has 1 aromatic carbocycles. The summed E-state index contributed by atoms with van der Waals surface area (Å²) in [6.45, 7) is 1.59. The molecule has 1 aliphatic carbocycles. The van der Waals surface area contributed by atoms with Crippen LogP contribution in [0.2, 0.25) is 0 Å². The molecule has 6 nitrogen and oxygen atoms in total. The van der Waals surface area contributed by atoms with Gasteiger partial charge in [-0.3, -0.25) is 4.79 Å². The Kier molecular flexibility index (Phi) is 5.41. The number of carbonyl (C=O) groups is 2. The van der Waals surface area contributed by atoms with Crippen molar-refractivity contribution in [1.82, 2.24) is 5.32 Å². The van der Waals surface area contributed by atoms with Crippen LogP contribution in [0.15, 0.2) is 29.2 Å². The maximum atomic E-state index is 11.9. The zero-order valence-corrected chi connectivity index (χ0v) is 13.8. The van der Waals surface area contributed by atoms with Gasteiger partial charge in [0.05, 0.1) is 10.6 Å². The molecule has 1 aliphatic rings. The Morgan fingerprint density at radius 1 is 1.26 bits per heavy atom. The Morgan fingerprint density at radius 2 is 1.87 bits per heavy atom. The third kappa shape index (κ3) is 4.79. The van der Waals surface area contributed by atoms with E-state index in [2.05, 4.69) is 5.32 Å². The molecule has 0 radical (unpaired) electrons. The van der Waals surface area contributed by atoms with Gasteiger partial charge in [0, 0.05) is 6.42 Å². The summed E-state index contributed by atoms with van der Waals surface area (Å²) in [6, 6.07) is 5.66. The second-order valence-electron chi connectivity index (χ2n) is 5.77. The van der Waals surface area contributed by atoms with Crippen LogP contribution in [0.25, 0.3) is 0 Å². The van der Waals surface area contributed by atoms with Crippen LogP contribution in [0.1, 0.15) is 31.7 Å². The van der Waals surface area contributed by atoms with Crippen molar-refractivity contribution in [3.8, 4) is 0 Å². The highest BCUT2D eigenvalue weighted by Gasteiger charge is 2.37. The maximum Gasteiger partial charge on any atom is 0.326 e. The number of nitrogens with one attached hydrogen (secondary N) is 1. The molecule has 1 atom stereocenters. The predicted octanol–water partition coefficient (Wildman–Crippen LogP) is 1.39. The lowest BCUT2D eigenvalue weighted by Crippen LogP contribution is -2.42. The van der Waals surface area contributed by atoms with Gasteiger partial charge in [0.15, 0.2) is 9.84 Å². The molecule has 0 aromatic heterocycles. The molecule has 126 valence electrons. The zero-order chi connectivity index (χ0) is 17.0. The van der Waals surface area contributed by atoms with Gasteiger partial charge < -0.3 is 10.4 Å². The SMILES string of the molecule is CCS(=O)(=O)c1ccc(CCC(=O)NC(C(=O)O)C2CC2)cc1. The van der Waals surface area contributed by atoms with Crippen molar-refractivity contribution in [1.29, 1.82) is 0 Å². The van der Waals surface area contributed by atoms with Gasteiger partial charge >= 0.3 is 5.97 Å². The number of hydrogen-bond acceptors (Lipinski definition) is 4. The van der Waals surface area contributed by atoms with E-state index in [1.807, 2.05) is 0 Å². The summed E-state index contributed by atoms with van der Waals surface area (Å²) in [5.74, 6) is -1.19. The molecule has 0 saturated heterocycles. The summed E-state index contributed by atoms with van der Waals surface area (Å²) in [6.07, 6.45) is 2.29. The minimum Gasteiger partial charge on any atom is -0.480 e. The van der Waals surface area contributed by atoms with Crippen LogP contribution in [0.4, 0.5) is 0 Å². The maximum absolute atomic E-state index is 11.9. The van der Waals surface area contributed by atoms with E-state index in [0.29, 0.717) is 6.42 Å². The number of benzene rings is 1. The average Bonchev–Trinajstić information content (AvgIpc) is 3.35. The van der Waals surface area contributed by atoms with Gasteiger partial charge in [-0.2, -0.15) is 0 Å². The van der Waals surface area contributed by atoms with Gasteiger partial charge in [0.1, 0.15) is 6.04 Å². The van der Waals surface area contributed by atoms with E-state index >= 15 is 0 Å². The Morgan fingerprint density at radius 3 is 2.35 bits per heavy atom. The molecule has 2 rings (SSSR count). The Labute approximate surface area is 135 Å². The fourth-order valence-corrected chi connectivity index (χ4v) is 3.23. The molecular formula is C16H21NO5S. The van der Waals surface area contributed by atoms with Crippen molar-refractivity contribution < 1.29 is 23.1 Å². The monoisotopic (exact) mass is 339 g/mol. The first kappa shape index (κ1) is 17.5. The number of hydrogen-bond donors (Lipinski definition) is 2. The number of carbonyl (C=O) groups excluding carboxylic acids is 1. The van der Waals surface area contributed by atoms with E-state index in [9.17, 15) is 18.0 Å². The number of aliphatic carboxylic acids is 1. The summed E-state index contributed by atoms with van der Waals surface area (Å²) < 4.78 is 23.4. The van der Waals surface area contributed by atoms with Crippen LogP contribution in [0, 0.1) is 5.92 Å². The van der Waals surface area contributed by atoms with E-state index in [1.54, 1.807) is 19.1 Å². The Bertz CT molecular complexity index is 677. The molecule has 23 heavy (non-hydrogen) atoms. The topological polar surface area (TPSA) is 101 Å². The predicted molar refractivity (Wildman–Crippen MR) is 84.8 cm³/mol. The fraction of sp³-hybridized carbons (Fsp3) is 0.500. The molecule has 2 N–H and O–H groups in total. The summed E-state index contributed by atoms with van der Waals surface area (Å²) in [5.41, 5.74) is 0.841. The van der Waals surface area contributed by atoms with Crippen molar-refractivity contribution in [2.75, 3.05) is 5.75 Å². The Hall–Kier alpha value is -1.89. The first-order chi connectivity index (χ1) is 10.8. The summed E-state index contributed by atoms with van der Waals surface area (Å²) in [4.78, 5) is 23.2. The van der Waals surface area contributed by atoms with Crippen molar-refractivity contribution in [2.24, 2.45) is 5.92 Å². The van der Waals surface area contributed by atoms with E-state index in [1.165, 1.54) is 12.1 Å². The zero-order valence-electron chi connectivity index (χ0n) is 13.0. The van der Waals surface area contributed by atoms with Crippen LogP contribution < -0.4 is 5.32 Å². The molecule has 0 spiro atoms. The number of sulfone groups is 1.